The minimum Gasteiger partial charge on any atom is -1.00 e. The number of rotatable bonds is 6. The van der Waals surface area contributed by atoms with Gasteiger partial charge in [0.15, 0.2) is 6.54 Å². The summed E-state index contributed by atoms with van der Waals surface area (Å²) in [5.41, 5.74) is 3.58. The number of para-hydroxylation sites is 1. The van der Waals surface area contributed by atoms with Crippen molar-refractivity contribution in [1.82, 2.24) is 4.57 Å². The number of ketones is 1. The summed E-state index contributed by atoms with van der Waals surface area (Å²) >= 11 is 0. The van der Waals surface area contributed by atoms with Crippen LogP contribution in [0.4, 0.5) is 0 Å². The second kappa shape index (κ2) is 9.24. The largest absolute Gasteiger partial charge is 1.00 e. The summed E-state index contributed by atoms with van der Waals surface area (Å²) in [5, 5.41) is 1.09. The van der Waals surface area contributed by atoms with Crippen molar-refractivity contribution in [2.45, 2.75) is 6.54 Å². The van der Waals surface area contributed by atoms with E-state index in [1.54, 1.807) is 31.4 Å². The van der Waals surface area contributed by atoms with Crippen molar-refractivity contribution in [1.29, 1.82) is 0 Å². The first-order chi connectivity index (χ1) is 15.2. The molecule has 5 nitrogen and oxygen atoms in total. The first-order valence-corrected chi connectivity index (χ1v) is 10.0. The Bertz CT molecular complexity index is 1320. The number of fused-ring (bicyclic) bond motifs is 1. The third-order valence-corrected chi connectivity index (χ3v) is 5.31. The Morgan fingerprint density at radius 1 is 1.00 bits per heavy atom. The highest BCUT2D eigenvalue weighted by Crippen LogP contribution is 2.28. The van der Waals surface area contributed by atoms with Gasteiger partial charge in [0.25, 0.3) is 0 Å². The van der Waals surface area contributed by atoms with Crippen molar-refractivity contribution in [3.63, 3.8) is 0 Å². The van der Waals surface area contributed by atoms with Gasteiger partial charge in [0, 0.05) is 16.5 Å². The molecule has 0 amide bonds. The number of nitrogens with zero attached hydrogens (tertiary/aromatic N) is 2. The van der Waals surface area contributed by atoms with Crippen molar-refractivity contribution in [3.8, 4) is 22.8 Å². The van der Waals surface area contributed by atoms with Crippen LogP contribution in [0, 0.1) is 0 Å². The number of ether oxygens (including phenoxy) is 1. The Hall–Kier alpha value is -3.64. The summed E-state index contributed by atoms with van der Waals surface area (Å²) in [4.78, 5) is 12.6. The second-order valence-electron chi connectivity index (χ2n) is 7.34. The van der Waals surface area contributed by atoms with E-state index in [4.69, 9.17) is 9.15 Å². The number of furan rings is 1. The van der Waals surface area contributed by atoms with Gasteiger partial charge in [0.2, 0.25) is 12.1 Å². The minimum atomic E-state index is 0. The summed E-state index contributed by atoms with van der Waals surface area (Å²) in [6.07, 6.45) is 5.75. The Kier molecular flexibility index (Phi) is 6.23. The predicted molar refractivity (Wildman–Crippen MR) is 118 cm³/mol. The molecule has 5 aromatic rings. The zero-order valence-electron chi connectivity index (χ0n) is 17.4. The fourth-order valence-corrected chi connectivity index (χ4v) is 3.60. The third kappa shape index (κ3) is 4.36. The van der Waals surface area contributed by atoms with Crippen molar-refractivity contribution in [2.75, 3.05) is 7.11 Å². The molecular formula is C26H21BrN2O3. The Balaban J connectivity index is 0.00000245. The fourth-order valence-electron chi connectivity index (χ4n) is 3.60. The van der Waals surface area contributed by atoms with E-state index in [1.807, 2.05) is 76.4 Å². The Labute approximate surface area is 196 Å². The Morgan fingerprint density at radius 2 is 1.75 bits per heavy atom. The van der Waals surface area contributed by atoms with Crippen LogP contribution in [0.3, 0.4) is 0 Å². The van der Waals surface area contributed by atoms with Crippen molar-refractivity contribution < 1.29 is 35.5 Å². The molecular weight excluding hydrogens is 468 g/mol. The summed E-state index contributed by atoms with van der Waals surface area (Å²) in [6, 6.07) is 25.4. The lowest BCUT2D eigenvalue weighted by Crippen LogP contribution is -3.00. The van der Waals surface area contributed by atoms with Gasteiger partial charge in [0.05, 0.1) is 7.11 Å². The second-order valence-corrected chi connectivity index (χ2v) is 7.34. The number of carbonyl (C=O) groups is 1. The van der Waals surface area contributed by atoms with E-state index in [9.17, 15) is 4.79 Å². The molecule has 0 fully saturated rings. The quantitative estimate of drug-likeness (QED) is 0.271. The van der Waals surface area contributed by atoms with Gasteiger partial charge in [-0.15, -0.1) is 0 Å². The van der Waals surface area contributed by atoms with E-state index < -0.39 is 0 Å². The van der Waals surface area contributed by atoms with Crippen LogP contribution in [0.2, 0.25) is 0 Å². The lowest BCUT2D eigenvalue weighted by atomic mass is 10.1. The van der Waals surface area contributed by atoms with E-state index in [0.717, 1.165) is 33.7 Å². The molecule has 0 atom stereocenters. The van der Waals surface area contributed by atoms with Gasteiger partial charge in [-0.25, -0.2) is 9.13 Å². The van der Waals surface area contributed by atoms with E-state index in [0.29, 0.717) is 5.56 Å². The van der Waals surface area contributed by atoms with Crippen LogP contribution >= 0.6 is 0 Å². The summed E-state index contributed by atoms with van der Waals surface area (Å²) < 4.78 is 15.0. The fraction of sp³-hybridized carbons (Fsp3) is 0.0769. The molecule has 0 saturated heterocycles. The molecule has 0 bridgehead atoms. The molecule has 0 aliphatic carbocycles. The lowest BCUT2D eigenvalue weighted by molar-refractivity contribution is -0.682. The monoisotopic (exact) mass is 488 g/mol. The molecule has 160 valence electrons. The van der Waals surface area contributed by atoms with Gasteiger partial charge in [-0.3, -0.25) is 4.79 Å². The Morgan fingerprint density at radius 3 is 2.47 bits per heavy atom. The predicted octanol–water partition coefficient (Wildman–Crippen LogP) is 2.07. The van der Waals surface area contributed by atoms with Crippen LogP contribution in [0.15, 0.2) is 102 Å². The number of hydrogen-bond acceptors (Lipinski definition) is 3. The smallest absolute Gasteiger partial charge is 0.249 e. The summed E-state index contributed by atoms with van der Waals surface area (Å²) in [6.45, 7) is 0.274. The van der Waals surface area contributed by atoms with Crippen LogP contribution in [0.5, 0.6) is 5.75 Å². The number of hydrogen-bond donors (Lipinski definition) is 0. The van der Waals surface area contributed by atoms with Gasteiger partial charge in [0.1, 0.15) is 35.2 Å². The molecule has 32 heavy (non-hydrogen) atoms. The van der Waals surface area contributed by atoms with Gasteiger partial charge in [-0.1, -0.05) is 18.2 Å². The molecule has 0 saturated carbocycles. The average molecular weight is 489 g/mol. The van der Waals surface area contributed by atoms with Gasteiger partial charge in [-0.2, -0.15) is 0 Å². The molecule has 3 aromatic carbocycles. The molecule has 0 N–H and O–H groups in total. The van der Waals surface area contributed by atoms with Crippen molar-refractivity contribution >= 4 is 16.8 Å². The molecule has 0 unspecified atom stereocenters. The zero-order valence-corrected chi connectivity index (χ0v) is 19.0. The van der Waals surface area contributed by atoms with E-state index >= 15 is 0 Å². The molecule has 0 radical (unpaired) electrons. The third-order valence-electron chi connectivity index (χ3n) is 5.31. The highest BCUT2D eigenvalue weighted by molar-refractivity contribution is 5.95. The van der Waals surface area contributed by atoms with E-state index in [2.05, 4.69) is 6.07 Å². The minimum absolute atomic E-state index is 0. The number of carbonyl (C=O) groups excluding carboxylic acids is 1. The maximum Gasteiger partial charge on any atom is 0.249 e. The zero-order chi connectivity index (χ0) is 21.2. The number of methoxy groups -OCH3 is 1. The number of benzene rings is 3. The molecule has 6 heteroatoms. The lowest BCUT2D eigenvalue weighted by Gasteiger charge is -2.01. The summed E-state index contributed by atoms with van der Waals surface area (Å²) in [7, 11) is 1.61. The van der Waals surface area contributed by atoms with Crippen LogP contribution in [0.1, 0.15) is 10.4 Å². The molecule has 2 heterocycles. The highest BCUT2D eigenvalue weighted by atomic mass is 79.9. The topological polar surface area (TPSA) is 48.2 Å². The first kappa shape index (κ1) is 21.6. The summed E-state index contributed by atoms with van der Waals surface area (Å²) in [5.74, 6) is 1.63. The van der Waals surface area contributed by atoms with Crippen molar-refractivity contribution in [3.05, 3.63) is 103 Å². The van der Waals surface area contributed by atoms with Gasteiger partial charge < -0.3 is 26.1 Å². The van der Waals surface area contributed by atoms with Crippen LogP contribution in [-0.4, -0.2) is 17.5 Å². The SMILES string of the molecule is COc1ccc(C(=O)C[n+]2ccn(-c3ccc(-c4cc5ccccc5o4)cc3)c2)cc1.[Br-]. The normalized spacial score (nSPS) is 10.7. The van der Waals surface area contributed by atoms with Gasteiger partial charge in [-0.05, 0) is 60.7 Å². The van der Waals surface area contributed by atoms with Gasteiger partial charge >= 0.3 is 0 Å². The van der Waals surface area contributed by atoms with Crippen LogP contribution < -0.4 is 26.3 Å². The highest BCUT2D eigenvalue weighted by Gasteiger charge is 2.13. The first-order valence-electron chi connectivity index (χ1n) is 10.0. The number of aromatic nitrogens is 2. The standard InChI is InChI=1S/C26H21N2O3.BrH/c1-30-23-12-8-19(9-13-23)24(29)17-27-14-15-28(18-27)22-10-6-20(7-11-22)26-16-21-4-2-3-5-25(21)31-26;/h2-16,18H,17H2,1H3;1H/q+1;/p-1. The molecule has 2 aromatic heterocycles. The van der Waals surface area contributed by atoms with Crippen LogP contribution in [-0.2, 0) is 6.54 Å². The molecule has 0 spiro atoms. The van der Waals surface area contributed by atoms with E-state index in [-0.39, 0.29) is 29.3 Å². The number of Topliss-reactive ketones (excluding diaryl/α,β-unsaturated/α-hetero) is 1. The molecule has 5 rings (SSSR count). The van der Waals surface area contributed by atoms with Crippen LogP contribution in [0.25, 0.3) is 28.0 Å². The van der Waals surface area contributed by atoms with Crippen molar-refractivity contribution in [2.24, 2.45) is 0 Å². The maximum absolute atomic E-state index is 12.6. The average Bonchev–Trinajstić information content (AvgIpc) is 3.46. The molecule has 0 aliphatic heterocycles. The van der Waals surface area contributed by atoms with E-state index in [1.165, 1.54) is 0 Å². The number of imidazole rings is 1. The molecule has 0 aliphatic rings. The number of halogens is 1. The maximum atomic E-state index is 12.6.